The van der Waals surface area contributed by atoms with Gasteiger partial charge in [-0.3, -0.25) is 0 Å². The van der Waals surface area contributed by atoms with Crippen LogP contribution in [0.3, 0.4) is 0 Å². The van der Waals surface area contributed by atoms with Gasteiger partial charge in [0.15, 0.2) is 0 Å². The topological polar surface area (TPSA) is 29.9 Å². The molecule has 3 nitrogen and oxygen atoms in total. The molecule has 0 spiro atoms. The smallest absolute Gasteiger partial charge is 0.0645 e. The number of hydrogen-bond acceptors (Lipinski definition) is 2. The molecule has 0 fully saturated rings. The number of nitrogens with one attached hydrogen (secondary N) is 1. The van der Waals surface area contributed by atoms with Crippen molar-refractivity contribution in [3.8, 4) is 5.69 Å². The van der Waals surface area contributed by atoms with Gasteiger partial charge in [0.05, 0.1) is 11.9 Å². The Kier molecular flexibility index (Phi) is 4.93. The van der Waals surface area contributed by atoms with Crippen molar-refractivity contribution < 1.29 is 0 Å². The molecule has 100 valence electrons. The van der Waals surface area contributed by atoms with E-state index in [1.165, 1.54) is 5.56 Å². The highest BCUT2D eigenvalue weighted by atomic mass is 15.3. The van der Waals surface area contributed by atoms with Crippen LogP contribution in [0.4, 0.5) is 0 Å². The zero-order valence-electron chi connectivity index (χ0n) is 11.4. The Morgan fingerprint density at radius 3 is 2.84 bits per heavy atom. The summed E-state index contributed by atoms with van der Waals surface area (Å²) in [5.74, 6) is 0. The Labute approximate surface area is 115 Å². The van der Waals surface area contributed by atoms with Crippen molar-refractivity contribution in [2.45, 2.75) is 25.8 Å². The zero-order chi connectivity index (χ0) is 13.5. The van der Waals surface area contributed by atoms with Gasteiger partial charge in [-0.15, -0.1) is 6.58 Å². The lowest BCUT2D eigenvalue weighted by Crippen LogP contribution is -2.20. The number of rotatable bonds is 7. The minimum Gasteiger partial charge on any atom is -0.310 e. The fourth-order valence-electron chi connectivity index (χ4n) is 2.16. The largest absolute Gasteiger partial charge is 0.310 e. The molecule has 0 bridgehead atoms. The summed E-state index contributed by atoms with van der Waals surface area (Å²) in [6.45, 7) is 6.87. The van der Waals surface area contributed by atoms with E-state index in [9.17, 15) is 0 Å². The summed E-state index contributed by atoms with van der Waals surface area (Å²) in [7, 11) is 0. The van der Waals surface area contributed by atoms with Crippen LogP contribution in [0.15, 0.2) is 55.4 Å². The Morgan fingerprint density at radius 2 is 2.16 bits per heavy atom. The first kappa shape index (κ1) is 13.6. The fraction of sp³-hybridized carbons (Fsp3) is 0.312. The van der Waals surface area contributed by atoms with Crippen molar-refractivity contribution in [3.05, 3.63) is 60.9 Å². The molecule has 3 heteroatoms. The van der Waals surface area contributed by atoms with Gasteiger partial charge in [0.1, 0.15) is 0 Å². The first-order valence-electron chi connectivity index (χ1n) is 6.79. The Bertz CT molecular complexity index is 502. The molecule has 2 rings (SSSR count). The third-order valence-electron chi connectivity index (χ3n) is 3.14. The van der Waals surface area contributed by atoms with Gasteiger partial charge in [-0.25, -0.2) is 4.68 Å². The van der Waals surface area contributed by atoms with E-state index in [0.29, 0.717) is 6.04 Å². The second kappa shape index (κ2) is 6.90. The van der Waals surface area contributed by atoms with E-state index in [2.05, 4.69) is 42.2 Å². The van der Waals surface area contributed by atoms with Crippen molar-refractivity contribution in [3.63, 3.8) is 0 Å². The molecule has 0 aliphatic heterocycles. The van der Waals surface area contributed by atoms with Crippen LogP contribution >= 0.6 is 0 Å². The highest BCUT2D eigenvalue weighted by Crippen LogP contribution is 2.19. The van der Waals surface area contributed by atoms with Crippen LogP contribution in [0.1, 0.15) is 31.4 Å². The highest BCUT2D eigenvalue weighted by molar-refractivity contribution is 5.31. The third kappa shape index (κ3) is 3.55. The number of allylic oxidation sites excluding steroid dienone is 1. The van der Waals surface area contributed by atoms with Crippen LogP contribution in [-0.4, -0.2) is 16.3 Å². The van der Waals surface area contributed by atoms with E-state index >= 15 is 0 Å². The van der Waals surface area contributed by atoms with Gasteiger partial charge in [0.2, 0.25) is 0 Å². The molecule has 1 aromatic carbocycles. The molecule has 0 amide bonds. The van der Waals surface area contributed by atoms with Crippen molar-refractivity contribution >= 4 is 0 Å². The average Bonchev–Trinajstić information content (AvgIpc) is 2.94. The summed E-state index contributed by atoms with van der Waals surface area (Å²) >= 11 is 0. The van der Waals surface area contributed by atoms with Gasteiger partial charge in [-0.05, 0) is 31.5 Å². The summed E-state index contributed by atoms with van der Waals surface area (Å²) in [4.78, 5) is 0. The number of aromatic nitrogens is 2. The van der Waals surface area contributed by atoms with Crippen LogP contribution in [0.2, 0.25) is 0 Å². The van der Waals surface area contributed by atoms with Crippen molar-refractivity contribution in [2.75, 3.05) is 6.54 Å². The normalized spacial score (nSPS) is 12.3. The molecule has 0 aliphatic carbocycles. The van der Waals surface area contributed by atoms with Gasteiger partial charge in [0, 0.05) is 17.8 Å². The van der Waals surface area contributed by atoms with E-state index in [1.54, 1.807) is 0 Å². The predicted molar refractivity (Wildman–Crippen MR) is 79.4 cm³/mol. The van der Waals surface area contributed by atoms with E-state index in [4.69, 9.17) is 0 Å². The van der Waals surface area contributed by atoms with Crippen LogP contribution in [0.25, 0.3) is 5.69 Å². The predicted octanol–water partition coefficient (Wildman–Crippen LogP) is 3.49. The zero-order valence-corrected chi connectivity index (χ0v) is 11.4. The molecule has 1 atom stereocenters. The second-order valence-corrected chi connectivity index (χ2v) is 4.53. The summed E-state index contributed by atoms with van der Waals surface area (Å²) < 4.78 is 1.92. The SMILES string of the molecule is C=CCCC(NCC)c1cnn(-c2ccccc2)c1. The van der Waals surface area contributed by atoms with E-state index < -0.39 is 0 Å². The maximum atomic E-state index is 4.45. The van der Waals surface area contributed by atoms with E-state index in [-0.39, 0.29) is 0 Å². The minimum absolute atomic E-state index is 0.348. The first-order chi connectivity index (χ1) is 9.35. The van der Waals surface area contributed by atoms with Gasteiger partial charge in [-0.2, -0.15) is 5.10 Å². The molecule has 1 unspecified atom stereocenters. The van der Waals surface area contributed by atoms with Crippen molar-refractivity contribution in [2.24, 2.45) is 0 Å². The lowest BCUT2D eigenvalue weighted by atomic mass is 10.1. The third-order valence-corrected chi connectivity index (χ3v) is 3.14. The highest BCUT2D eigenvalue weighted by Gasteiger charge is 2.11. The second-order valence-electron chi connectivity index (χ2n) is 4.53. The molecule has 1 aromatic heterocycles. The Morgan fingerprint density at radius 1 is 1.37 bits per heavy atom. The molecule has 1 N–H and O–H groups in total. The van der Waals surface area contributed by atoms with Crippen molar-refractivity contribution in [1.82, 2.24) is 15.1 Å². The van der Waals surface area contributed by atoms with E-state index in [0.717, 1.165) is 25.1 Å². The lowest BCUT2D eigenvalue weighted by Gasteiger charge is -2.15. The number of nitrogens with zero attached hydrogens (tertiary/aromatic N) is 2. The summed E-state index contributed by atoms with van der Waals surface area (Å²) in [5.41, 5.74) is 2.32. The lowest BCUT2D eigenvalue weighted by molar-refractivity contribution is 0.519. The summed E-state index contributed by atoms with van der Waals surface area (Å²) in [6, 6.07) is 10.5. The maximum absolute atomic E-state index is 4.45. The standard InChI is InChI=1S/C16H21N3/c1-3-5-11-16(17-4-2)14-12-18-19(13-14)15-9-7-6-8-10-15/h3,6-10,12-13,16-17H,1,4-5,11H2,2H3. The first-order valence-corrected chi connectivity index (χ1v) is 6.79. The van der Waals surface area contributed by atoms with Crippen LogP contribution in [0.5, 0.6) is 0 Å². The van der Waals surface area contributed by atoms with E-state index in [1.807, 2.05) is 35.2 Å². The van der Waals surface area contributed by atoms with Crippen LogP contribution < -0.4 is 5.32 Å². The molecule has 0 saturated carbocycles. The van der Waals surface area contributed by atoms with Crippen LogP contribution in [-0.2, 0) is 0 Å². The molecular weight excluding hydrogens is 234 g/mol. The fourth-order valence-corrected chi connectivity index (χ4v) is 2.16. The molecule has 1 heterocycles. The van der Waals surface area contributed by atoms with Crippen LogP contribution in [0, 0.1) is 0 Å². The number of hydrogen-bond donors (Lipinski definition) is 1. The average molecular weight is 255 g/mol. The Hall–Kier alpha value is -1.87. The van der Waals surface area contributed by atoms with Gasteiger partial charge < -0.3 is 5.32 Å². The number of benzene rings is 1. The summed E-state index contributed by atoms with van der Waals surface area (Å²) in [6.07, 6.45) is 8.08. The molecular formula is C16H21N3. The quantitative estimate of drug-likeness (QED) is 0.767. The van der Waals surface area contributed by atoms with Gasteiger partial charge >= 0.3 is 0 Å². The van der Waals surface area contributed by atoms with Gasteiger partial charge in [-0.1, -0.05) is 31.2 Å². The monoisotopic (exact) mass is 255 g/mol. The molecule has 0 radical (unpaired) electrons. The van der Waals surface area contributed by atoms with Gasteiger partial charge in [0.25, 0.3) is 0 Å². The molecule has 19 heavy (non-hydrogen) atoms. The Balaban J connectivity index is 2.16. The molecule has 0 aliphatic rings. The number of para-hydroxylation sites is 1. The maximum Gasteiger partial charge on any atom is 0.0645 e. The molecule has 2 aromatic rings. The molecule has 0 saturated heterocycles. The van der Waals surface area contributed by atoms with Crippen molar-refractivity contribution in [1.29, 1.82) is 0 Å². The minimum atomic E-state index is 0.348. The summed E-state index contributed by atoms with van der Waals surface area (Å²) in [5, 5.41) is 7.95.